The number of imide groups is 1. The zero-order valence-electron chi connectivity index (χ0n) is 13.7. The number of alkyl halides is 3. The number of benzene rings is 2. The summed E-state index contributed by atoms with van der Waals surface area (Å²) in [6.45, 7) is 1.13. The summed E-state index contributed by atoms with van der Waals surface area (Å²) < 4.78 is 40.8. The van der Waals surface area contributed by atoms with E-state index in [9.17, 15) is 22.8 Å². The van der Waals surface area contributed by atoms with Gasteiger partial charge in [-0.2, -0.15) is 13.2 Å². The molecule has 2 aliphatic rings. The molecule has 2 aromatic rings. The lowest BCUT2D eigenvalue weighted by molar-refractivity contribution is -0.137. The number of nitrogens with zero attached hydrogens (tertiary/aromatic N) is 2. The molecule has 0 bridgehead atoms. The zero-order valence-corrected chi connectivity index (χ0v) is 13.7. The minimum absolute atomic E-state index is 0.0635. The number of rotatable bonds is 2. The minimum Gasteiger partial charge on any atom is -0.371 e. The van der Waals surface area contributed by atoms with Crippen molar-refractivity contribution in [2.24, 2.45) is 0 Å². The Labute approximate surface area is 147 Å². The minimum atomic E-state index is -4.58. The lowest BCUT2D eigenvalue weighted by Gasteiger charge is -2.24. The summed E-state index contributed by atoms with van der Waals surface area (Å²) in [5, 5.41) is 0. The van der Waals surface area contributed by atoms with Gasteiger partial charge in [-0.25, -0.2) is 4.90 Å². The van der Waals surface area contributed by atoms with Gasteiger partial charge in [0.05, 0.1) is 22.4 Å². The second-order valence-electron chi connectivity index (χ2n) is 6.38. The van der Waals surface area contributed by atoms with Crippen LogP contribution in [0.5, 0.6) is 0 Å². The fourth-order valence-electron chi connectivity index (χ4n) is 3.55. The van der Waals surface area contributed by atoms with Crippen molar-refractivity contribution in [2.45, 2.75) is 19.0 Å². The Balaban J connectivity index is 1.79. The summed E-state index contributed by atoms with van der Waals surface area (Å²) in [6, 6.07) is 9.89. The average Bonchev–Trinajstić information content (AvgIpc) is 3.22. The van der Waals surface area contributed by atoms with Crippen LogP contribution in [-0.2, 0) is 6.18 Å². The van der Waals surface area contributed by atoms with Gasteiger partial charge in [0.15, 0.2) is 0 Å². The Hall–Kier alpha value is -2.83. The predicted octanol–water partition coefficient (Wildman–Crippen LogP) is 4.11. The van der Waals surface area contributed by atoms with Crippen molar-refractivity contribution >= 4 is 23.2 Å². The SMILES string of the molecule is O=C1c2ccccc2C(=O)N1c1ccc(N2CCCC2)c(C(F)(F)F)c1. The van der Waals surface area contributed by atoms with Crippen LogP contribution in [0, 0.1) is 0 Å². The molecule has 0 spiro atoms. The van der Waals surface area contributed by atoms with E-state index in [2.05, 4.69) is 0 Å². The van der Waals surface area contributed by atoms with Crippen LogP contribution in [0.4, 0.5) is 24.5 Å². The number of amides is 2. The molecule has 134 valence electrons. The lowest BCUT2D eigenvalue weighted by Crippen LogP contribution is -2.30. The number of anilines is 2. The van der Waals surface area contributed by atoms with Gasteiger partial charge in [0.25, 0.3) is 11.8 Å². The van der Waals surface area contributed by atoms with Gasteiger partial charge in [0.2, 0.25) is 0 Å². The first-order valence-electron chi connectivity index (χ1n) is 8.32. The molecule has 1 saturated heterocycles. The van der Waals surface area contributed by atoms with Crippen molar-refractivity contribution in [3.63, 3.8) is 0 Å². The molecular formula is C19H15F3N2O2. The number of hydrogen-bond acceptors (Lipinski definition) is 3. The maximum Gasteiger partial charge on any atom is 0.418 e. The molecule has 0 saturated carbocycles. The Kier molecular flexibility index (Phi) is 3.75. The van der Waals surface area contributed by atoms with E-state index in [0.29, 0.717) is 13.1 Å². The predicted molar refractivity (Wildman–Crippen MR) is 90.5 cm³/mol. The summed E-state index contributed by atoms with van der Waals surface area (Å²) in [5.41, 5.74) is -0.389. The summed E-state index contributed by atoms with van der Waals surface area (Å²) in [4.78, 5) is 27.5. The maximum absolute atomic E-state index is 13.6. The number of halogens is 3. The Bertz CT molecular complexity index is 867. The van der Waals surface area contributed by atoms with Crippen LogP contribution < -0.4 is 9.80 Å². The first kappa shape index (κ1) is 16.6. The van der Waals surface area contributed by atoms with Gasteiger partial charge < -0.3 is 4.90 Å². The highest BCUT2D eigenvalue weighted by Gasteiger charge is 2.40. The lowest BCUT2D eigenvalue weighted by atomic mass is 10.1. The Morgan fingerprint density at radius 1 is 0.846 bits per heavy atom. The Morgan fingerprint density at radius 2 is 1.42 bits per heavy atom. The van der Waals surface area contributed by atoms with E-state index in [1.54, 1.807) is 17.0 Å². The second kappa shape index (κ2) is 5.86. The van der Waals surface area contributed by atoms with Crippen LogP contribution in [0.3, 0.4) is 0 Å². The van der Waals surface area contributed by atoms with Gasteiger partial charge in [-0.1, -0.05) is 12.1 Å². The molecule has 2 heterocycles. The molecule has 4 nitrogen and oxygen atoms in total. The van der Waals surface area contributed by atoms with Crippen LogP contribution in [0.15, 0.2) is 42.5 Å². The van der Waals surface area contributed by atoms with E-state index >= 15 is 0 Å². The molecule has 0 aromatic heterocycles. The highest BCUT2D eigenvalue weighted by atomic mass is 19.4. The summed E-state index contributed by atoms with van der Waals surface area (Å²) >= 11 is 0. The van der Waals surface area contributed by atoms with Gasteiger partial charge in [0.1, 0.15) is 0 Å². The monoisotopic (exact) mass is 360 g/mol. The first-order valence-corrected chi connectivity index (χ1v) is 8.32. The molecule has 2 amide bonds. The zero-order chi connectivity index (χ0) is 18.5. The summed E-state index contributed by atoms with van der Waals surface area (Å²) in [5.74, 6) is -1.21. The number of carbonyl (C=O) groups is 2. The molecule has 4 rings (SSSR count). The fraction of sp³-hybridized carbons (Fsp3) is 0.263. The molecule has 7 heteroatoms. The van der Waals surface area contributed by atoms with Crippen LogP contribution >= 0.6 is 0 Å². The van der Waals surface area contributed by atoms with E-state index in [-0.39, 0.29) is 22.5 Å². The third-order valence-corrected chi connectivity index (χ3v) is 4.78. The van der Waals surface area contributed by atoms with Crippen LogP contribution in [0.25, 0.3) is 0 Å². The fourth-order valence-corrected chi connectivity index (χ4v) is 3.55. The number of hydrogen-bond donors (Lipinski definition) is 0. The van der Waals surface area contributed by atoms with Gasteiger partial charge >= 0.3 is 6.18 Å². The first-order chi connectivity index (χ1) is 12.4. The topological polar surface area (TPSA) is 40.6 Å². The van der Waals surface area contributed by atoms with Crippen molar-refractivity contribution in [1.29, 1.82) is 0 Å². The van der Waals surface area contributed by atoms with E-state index in [1.165, 1.54) is 24.3 Å². The van der Waals surface area contributed by atoms with Crippen LogP contribution in [-0.4, -0.2) is 24.9 Å². The molecular weight excluding hydrogens is 345 g/mol. The van der Waals surface area contributed by atoms with E-state index in [1.807, 2.05) is 0 Å². The number of carbonyl (C=O) groups excluding carboxylic acids is 2. The van der Waals surface area contributed by atoms with Crippen LogP contribution in [0.1, 0.15) is 39.1 Å². The molecule has 0 atom stereocenters. The quantitative estimate of drug-likeness (QED) is 0.757. The summed E-state index contributed by atoms with van der Waals surface area (Å²) in [7, 11) is 0. The van der Waals surface area contributed by atoms with Crippen molar-refractivity contribution in [3.8, 4) is 0 Å². The molecule has 0 N–H and O–H groups in total. The largest absolute Gasteiger partial charge is 0.418 e. The van der Waals surface area contributed by atoms with Gasteiger partial charge in [0, 0.05) is 18.8 Å². The smallest absolute Gasteiger partial charge is 0.371 e. The van der Waals surface area contributed by atoms with E-state index in [4.69, 9.17) is 0 Å². The second-order valence-corrected chi connectivity index (χ2v) is 6.38. The third-order valence-electron chi connectivity index (χ3n) is 4.78. The maximum atomic E-state index is 13.6. The highest BCUT2D eigenvalue weighted by Crippen LogP contribution is 2.41. The number of fused-ring (bicyclic) bond motifs is 1. The molecule has 2 aliphatic heterocycles. The molecule has 1 fully saturated rings. The molecule has 26 heavy (non-hydrogen) atoms. The van der Waals surface area contributed by atoms with Crippen molar-refractivity contribution < 1.29 is 22.8 Å². The van der Waals surface area contributed by atoms with Crippen LogP contribution in [0.2, 0.25) is 0 Å². The molecule has 0 unspecified atom stereocenters. The normalized spacial score (nSPS) is 17.2. The van der Waals surface area contributed by atoms with E-state index in [0.717, 1.165) is 23.8 Å². The Morgan fingerprint density at radius 3 is 1.96 bits per heavy atom. The third kappa shape index (κ3) is 2.55. The molecule has 2 aromatic carbocycles. The van der Waals surface area contributed by atoms with Crippen molar-refractivity contribution in [3.05, 3.63) is 59.2 Å². The molecule has 0 aliphatic carbocycles. The van der Waals surface area contributed by atoms with Crippen molar-refractivity contribution in [1.82, 2.24) is 0 Å². The average molecular weight is 360 g/mol. The van der Waals surface area contributed by atoms with E-state index < -0.39 is 23.6 Å². The van der Waals surface area contributed by atoms with Crippen molar-refractivity contribution in [2.75, 3.05) is 22.9 Å². The summed E-state index contributed by atoms with van der Waals surface area (Å²) in [6.07, 6.45) is -2.89. The standard InChI is InChI=1S/C19H15F3N2O2/c20-19(21,22)15-11-12(7-8-16(15)23-9-3-4-10-23)24-17(25)13-5-1-2-6-14(13)18(24)26/h1-2,5-8,11H,3-4,9-10H2. The van der Waals surface area contributed by atoms with Gasteiger partial charge in [-0.3, -0.25) is 9.59 Å². The van der Waals surface area contributed by atoms with Gasteiger partial charge in [-0.05, 0) is 43.2 Å². The molecule has 0 radical (unpaired) electrons. The highest BCUT2D eigenvalue weighted by molar-refractivity contribution is 6.34. The van der Waals surface area contributed by atoms with Gasteiger partial charge in [-0.15, -0.1) is 0 Å².